The lowest BCUT2D eigenvalue weighted by Gasteiger charge is -2.21. The van der Waals surface area contributed by atoms with Crippen molar-refractivity contribution in [2.75, 3.05) is 18.0 Å². The monoisotopic (exact) mass is 209 g/mol. The van der Waals surface area contributed by atoms with Gasteiger partial charge in [0.2, 0.25) is 0 Å². The summed E-state index contributed by atoms with van der Waals surface area (Å²) in [7, 11) is 0. The highest BCUT2D eigenvalue weighted by Crippen LogP contribution is 2.52. The second-order valence-corrected chi connectivity index (χ2v) is 4.69. The minimum atomic E-state index is -0.361. The summed E-state index contributed by atoms with van der Waals surface area (Å²) in [4.78, 5) is 1.97. The molecule has 1 aromatic carbocycles. The fraction of sp³-hybridized carbons (Fsp3) is 0.500. The van der Waals surface area contributed by atoms with Gasteiger partial charge in [-0.05, 0) is 29.9 Å². The lowest BCUT2D eigenvalue weighted by atomic mass is 10.2. The lowest BCUT2D eigenvalue weighted by molar-refractivity contribution is 0.589. The van der Waals surface area contributed by atoms with E-state index in [4.69, 9.17) is 0 Å². The van der Waals surface area contributed by atoms with E-state index in [0.29, 0.717) is 17.5 Å². The highest BCUT2D eigenvalue weighted by Gasteiger charge is 2.52. The molecule has 3 heteroatoms. The van der Waals surface area contributed by atoms with Gasteiger partial charge in [0.25, 0.3) is 0 Å². The quantitative estimate of drug-likeness (QED) is 0.687. The van der Waals surface area contributed by atoms with Crippen molar-refractivity contribution in [2.45, 2.75) is 6.92 Å². The second kappa shape index (κ2) is 2.94. The molecule has 1 saturated heterocycles. The molecule has 1 aromatic rings. The molecule has 0 aromatic heterocycles. The molecule has 2 unspecified atom stereocenters. The van der Waals surface area contributed by atoms with Crippen LogP contribution in [0.3, 0.4) is 0 Å². The summed E-state index contributed by atoms with van der Waals surface area (Å²) in [6.07, 6.45) is 0. The van der Waals surface area contributed by atoms with E-state index in [2.05, 4.69) is 6.92 Å². The highest BCUT2D eigenvalue weighted by molar-refractivity contribution is 5.50. The van der Waals surface area contributed by atoms with Crippen LogP contribution in [0.2, 0.25) is 0 Å². The number of hydrogen-bond donors (Lipinski definition) is 0. The molecule has 0 spiro atoms. The number of rotatable bonds is 1. The van der Waals surface area contributed by atoms with E-state index in [1.165, 1.54) is 12.1 Å². The van der Waals surface area contributed by atoms with Gasteiger partial charge >= 0.3 is 0 Å². The first-order valence-electron chi connectivity index (χ1n) is 5.37. The Balaban J connectivity index is 1.85. The highest BCUT2D eigenvalue weighted by atomic mass is 19.1. The third-order valence-corrected chi connectivity index (χ3v) is 3.87. The van der Waals surface area contributed by atoms with Crippen LogP contribution < -0.4 is 4.90 Å². The Hall–Kier alpha value is -1.12. The largest absolute Gasteiger partial charge is 0.368 e. The summed E-state index contributed by atoms with van der Waals surface area (Å²) < 4.78 is 26.4. The second-order valence-electron chi connectivity index (χ2n) is 4.69. The van der Waals surface area contributed by atoms with Crippen LogP contribution >= 0.6 is 0 Å². The topological polar surface area (TPSA) is 3.24 Å². The number of nitrogens with zero attached hydrogens (tertiary/aromatic N) is 1. The van der Waals surface area contributed by atoms with Crippen molar-refractivity contribution in [3.8, 4) is 0 Å². The van der Waals surface area contributed by atoms with Gasteiger partial charge < -0.3 is 4.90 Å². The molecule has 2 atom stereocenters. The fourth-order valence-electron chi connectivity index (χ4n) is 2.75. The Kier molecular flexibility index (Phi) is 1.79. The average molecular weight is 209 g/mol. The molecule has 80 valence electrons. The summed E-state index contributed by atoms with van der Waals surface area (Å²) in [5.74, 6) is 1.50. The van der Waals surface area contributed by atoms with Gasteiger partial charge in [0.15, 0.2) is 0 Å². The zero-order valence-corrected chi connectivity index (χ0v) is 8.58. The zero-order valence-electron chi connectivity index (χ0n) is 8.58. The van der Waals surface area contributed by atoms with Gasteiger partial charge in [-0.25, -0.2) is 8.78 Å². The van der Waals surface area contributed by atoms with Gasteiger partial charge in [-0.2, -0.15) is 0 Å². The summed E-state index contributed by atoms with van der Waals surface area (Å²) in [6, 6.07) is 3.67. The minimum absolute atomic E-state index is 0.314. The van der Waals surface area contributed by atoms with Crippen molar-refractivity contribution in [3.63, 3.8) is 0 Å². The summed E-state index contributed by atoms with van der Waals surface area (Å²) in [5, 5.41) is 0. The number of fused-ring (bicyclic) bond motifs is 1. The van der Waals surface area contributed by atoms with Gasteiger partial charge in [0.05, 0.1) is 5.69 Å². The van der Waals surface area contributed by atoms with E-state index >= 15 is 0 Å². The van der Waals surface area contributed by atoms with E-state index in [9.17, 15) is 8.78 Å². The molecule has 0 N–H and O–H groups in total. The summed E-state index contributed by atoms with van der Waals surface area (Å²) >= 11 is 0. The molecule has 0 bridgehead atoms. The molecule has 15 heavy (non-hydrogen) atoms. The predicted octanol–water partition coefficient (Wildman–Crippen LogP) is 2.67. The minimum Gasteiger partial charge on any atom is -0.368 e. The van der Waals surface area contributed by atoms with E-state index < -0.39 is 0 Å². The third-order valence-electron chi connectivity index (χ3n) is 3.87. The van der Waals surface area contributed by atoms with Crippen LogP contribution in [0.4, 0.5) is 14.5 Å². The van der Waals surface area contributed by atoms with E-state index in [1.54, 1.807) is 0 Å². The molecule has 1 nitrogen and oxygen atoms in total. The lowest BCUT2D eigenvalue weighted by Crippen LogP contribution is -2.24. The van der Waals surface area contributed by atoms with Gasteiger partial charge in [-0.1, -0.05) is 6.92 Å². The van der Waals surface area contributed by atoms with Crippen molar-refractivity contribution in [1.29, 1.82) is 0 Å². The number of hydrogen-bond acceptors (Lipinski definition) is 1. The average Bonchev–Trinajstić information content (AvgIpc) is 2.67. The van der Waals surface area contributed by atoms with Crippen LogP contribution in [-0.2, 0) is 0 Å². The van der Waals surface area contributed by atoms with Crippen LogP contribution in [0, 0.1) is 29.4 Å². The molecule has 2 aliphatic rings. The molecule has 3 rings (SSSR count). The number of halogens is 2. The molecule has 1 aliphatic heterocycles. The normalized spacial score (nSPS) is 33.0. The molecular formula is C12H13F2N. The van der Waals surface area contributed by atoms with Crippen molar-refractivity contribution in [3.05, 3.63) is 29.8 Å². The number of benzene rings is 1. The molecule has 0 radical (unpaired) electrons. The molecule has 0 amide bonds. The first-order valence-corrected chi connectivity index (χ1v) is 5.37. The predicted molar refractivity (Wildman–Crippen MR) is 54.7 cm³/mol. The van der Waals surface area contributed by atoms with Crippen molar-refractivity contribution < 1.29 is 8.78 Å². The SMILES string of the molecule is CC1C2CN(c3cc(F)ccc3F)CC12. The van der Waals surface area contributed by atoms with Crippen molar-refractivity contribution >= 4 is 5.69 Å². The molecule has 1 heterocycles. The van der Waals surface area contributed by atoms with Gasteiger partial charge in [-0.3, -0.25) is 0 Å². The van der Waals surface area contributed by atoms with Crippen LogP contribution in [0.15, 0.2) is 18.2 Å². The Labute approximate surface area is 87.7 Å². The van der Waals surface area contributed by atoms with Gasteiger partial charge in [0.1, 0.15) is 11.6 Å². The fourth-order valence-corrected chi connectivity index (χ4v) is 2.75. The van der Waals surface area contributed by atoms with Crippen molar-refractivity contribution in [2.24, 2.45) is 17.8 Å². The van der Waals surface area contributed by atoms with E-state index in [1.807, 2.05) is 4.90 Å². The number of anilines is 1. The van der Waals surface area contributed by atoms with E-state index in [0.717, 1.165) is 25.1 Å². The number of piperidine rings is 1. The maximum absolute atomic E-state index is 13.5. The van der Waals surface area contributed by atoms with Crippen LogP contribution in [0.5, 0.6) is 0 Å². The Bertz CT molecular complexity index is 393. The smallest absolute Gasteiger partial charge is 0.146 e. The first kappa shape index (κ1) is 9.13. The van der Waals surface area contributed by atoms with Crippen LogP contribution in [0.1, 0.15) is 6.92 Å². The Morgan fingerprint density at radius 3 is 2.53 bits per heavy atom. The zero-order chi connectivity index (χ0) is 10.6. The van der Waals surface area contributed by atoms with Gasteiger partial charge in [-0.15, -0.1) is 0 Å². The van der Waals surface area contributed by atoms with Gasteiger partial charge in [0, 0.05) is 19.2 Å². The maximum Gasteiger partial charge on any atom is 0.146 e. The standard InChI is InChI=1S/C12H13F2N/c1-7-9-5-15(6-10(7)9)12-4-8(13)2-3-11(12)14/h2-4,7,9-10H,5-6H2,1H3. The van der Waals surface area contributed by atoms with Crippen LogP contribution in [-0.4, -0.2) is 13.1 Å². The van der Waals surface area contributed by atoms with E-state index in [-0.39, 0.29) is 11.6 Å². The Morgan fingerprint density at radius 2 is 1.87 bits per heavy atom. The van der Waals surface area contributed by atoms with Crippen LogP contribution in [0.25, 0.3) is 0 Å². The Morgan fingerprint density at radius 1 is 1.20 bits per heavy atom. The summed E-state index contributed by atoms with van der Waals surface area (Å²) in [5.41, 5.74) is 0.425. The molecule has 2 fully saturated rings. The van der Waals surface area contributed by atoms with Crippen molar-refractivity contribution in [1.82, 2.24) is 0 Å². The first-order chi connectivity index (χ1) is 7.16. The maximum atomic E-state index is 13.5. The molecule has 1 aliphatic carbocycles. The summed E-state index contributed by atoms with van der Waals surface area (Å²) in [6.45, 7) is 3.99. The molecule has 1 saturated carbocycles. The molecular weight excluding hydrogens is 196 g/mol. The third kappa shape index (κ3) is 1.33.